The van der Waals surface area contributed by atoms with Crippen LogP contribution in [0.4, 0.5) is 11.8 Å². The summed E-state index contributed by atoms with van der Waals surface area (Å²) in [6.07, 6.45) is 2.89. The number of nitrogens with zero attached hydrogens (tertiary/aromatic N) is 3. The molecular formula is C12H22N4. The molecule has 0 radical (unpaired) electrons. The number of rotatable bonds is 6. The molecule has 0 saturated heterocycles. The number of anilines is 2. The largest absolute Gasteiger partial charge is 0.354 e. The Hall–Kier alpha value is -1.32. The van der Waals surface area contributed by atoms with Gasteiger partial charge in [0.05, 0.1) is 0 Å². The van der Waals surface area contributed by atoms with E-state index in [4.69, 9.17) is 0 Å². The van der Waals surface area contributed by atoms with E-state index < -0.39 is 0 Å². The first kappa shape index (κ1) is 12.7. The highest BCUT2D eigenvalue weighted by molar-refractivity contribution is 5.43. The van der Waals surface area contributed by atoms with Crippen LogP contribution in [0.1, 0.15) is 34.1 Å². The molecule has 0 amide bonds. The van der Waals surface area contributed by atoms with E-state index in [2.05, 4.69) is 47.9 Å². The second-order valence-corrected chi connectivity index (χ2v) is 4.04. The molecule has 0 aliphatic rings. The monoisotopic (exact) mass is 222 g/mol. The minimum atomic E-state index is 0.457. The van der Waals surface area contributed by atoms with Crippen molar-refractivity contribution in [3.8, 4) is 0 Å². The molecule has 0 spiro atoms. The summed E-state index contributed by atoms with van der Waals surface area (Å²) < 4.78 is 0. The molecule has 1 heterocycles. The zero-order valence-electron chi connectivity index (χ0n) is 10.7. The summed E-state index contributed by atoms with van der Waals surface area (Å²) >= 11 is 0. The first-order valence-corrected chi connectivity index (χ1v) is 6.02. The fourth-order valence-corrected chi connectivity index (χ4v) is 1.62. The van der Waals surface area contributed by atoms with E-state index in [0.29, 0.717) is 6.04 Å². The number of aromatic nitrogens is 2. The molecule has 0 aliphatic heterocycles. The molecule has 1 aromatic rings. The number of nitrogens with one attached hydrogen (secondary N) is 1. The normalized spacial score (nSPS) is 10.6. The molecule has 1 N–H and O–H groups in total. The van der Waals surface area contributed by atoms with Gasteiger partial charge >= 0.3 is 0 Å². The van der Waals surface area contributed by atoms with Gasteiger partial charge in [-0.3, -0.25) is 0 Å². The van der Waals surface area contributed by atoms with Crippen LogP contribution in [0.15, 0.2) is 12.3 Å². The zero-order valence-corrected chi connectivity index (χ0v) is 10.7. The maximum Gasteiger partial charge on any atom is 0.224 e. The molecule has 0 unspecified atom stereocenters. The van der Waals surface area contributed by atoms with Gasteiger partial charge in [0.15, 0.2) is 0 Å². The van der Waals surface area contributed by atoms with Gasteiger partial charge in [-0.1, -0.05) is 6.92 Å². The Morgan fingerprint density at radius 1 is 1.38 bits per heavy atom. The van der Waals surface area contributed by atoms with Crippen LogP contribution >= 0.6 is 0 Å². The molecule has 4 nitrogen and oxygen atoms in total. The van der Waals surface area contributed by atoms with Crippen molar-refractivity contribution in [1.29, 1.82) is 0 Å². The molecule has 0 fully saturated rings. The van der Waals surface area contributed by atoms with Crippen LogP contribution in [0, 0.1) is 0 Å². The van der Waals surface area contributed by atoms with Crippen LogP contribution in [0.5, 0.6) is 0 Å². The van der Waals surface area contributed by atoms with E-state index in [1.165, 1.54) is 0 Å². The van der Waals surface area contributed by atoms with E-state index in [1.807, 2.05) is 12.3 Å². The van der Waals surface area contributed by atoms with Gasteiger partial charge in [-0.05, 0) is 33.3 Å². The van der Waals surface area contributed by atoms with Crippen LogP contribution in [-0.4, -0.2) is 29.1 Å². The maximum atomic E-state index is 4.51. The minimum absolute atomic E-state index is 0.457. The van der Waals surface area contributed by atoms with E-state index >= 15 is 0 Å². The Morgan fingerprint density at radius 3 is 2.69 bits per heavy atom. The zero-order chi connectivity index (χ0) is 12.0. The van der Waals surface area contributed by atoms with E-state index in [0.717, 1.165) is 31.3 Å². The van der Waals surface area contributed by atoms with Crippen LogP contribution < -0.4 is 10.2 Å². The van der Waals surface area contributed by atoms with Crippen molar-refractivity contribution in [3.63, 3.8) is 0 Å². The fraction of sp³-hybridized carbons (Fsp3) is 0.667. The van der Waals surface area contributed by atoms with Gasteiger partial charge in [-0.15, -0.1) is 0 Å². The number of hydrogen-bond donors (Lipinski definition) is 1. The van der Waals surface area contributed by atoms with Crippen LogP contribution in [0.2, 0.25) is 0 Å². The molecule has 0 saturated carbocycles. The highest BCUT2D eigenvalue weighted by atomic mass is 15.2. The lowest BCUT2D eigenvalue weighted by Gasteiger charge is -2.26. The van der Waals surface area contributed by atoms with Gasteiger partial charge in [-0.2, -0.15) is 4.98 Å². The van der Waals surface area contributed by atoms with Crippen LogP contribution in [0.25, 0.3) is 0 Å². The first-order chi connectivity index (χ1) is 7.69. The Morgan fingerprint density at radius 2 is 2.12 bits per heavy atom. The number of hydrogen-bond acceptors (Lipinski definition) is 4. The third-order valence-corrected chi connectivity index (χ3v) is 2.43. The summed E-state index contributed by atoms with van der Waals surface area (Å²) in [6, 6.07) is 2.42. The van der Waals surface area contributed by atoms with Gasteiger partial charge < -0.3 is 10.2 Å². The molecule has 0 aromatic carbocycles. The highest BCUT2D eigenvalue weighted by Crippen LogP contribution is 2.14. The lowest BCUT2D eigenvalue weighted by Crippen LogP contribution is -2.31. The quantitative estimate of drug-likeness (QED) is 0.803. The second-order valence-electron chi connectivity index (χ2n) is 4.04. The molecule has 0 atom stereocenters. The van der Waals surface area contributed by atoms with Crippen molar-refractivity contribution >= 4 is 11.8 Å². The molecule has 90 valence electrons. The van der Waals surface area contributed by atoms with Crippen LogP contribution in [0.3, 0.4) is 0 Å². The van der Waals surface area contributed by atoms with Crippen molar-refractivity contribution < 1.29 is 0 Å². The molecule has 0 aliphatic carbocycles. The summed E-state index contributed by atoms with van der Waals surface area (Å²) in [5, 5.41) is 3.20. The van der Waals surface area contributed by atoms with Gasteiger partial charge in [0.25, 0.3) is 0 Å². The summed E-state index contributed by atoms with van der Waals surface area (Å²) in [7, 11) is 0. The molecule has 1 aromatic heterocycles. The maximum absolute atomic E-state index is 4.51. The van der Waals surface area contributed by atoms with E-state index in [1.54, 1.807) is 0 Å². The summed E-state index contributed by atoms with van der Waals surface area (Å²) in [5.41, 5.74) is 0. The third-order valence-electron chi connectivity index (χ3n) is 2.43. The lowest BCUT2D eigenvalue weighted by molar-refractivity contribution is 0.692. The first-order valence-electron chi connectivity index (χ1n) is 6.02. The standard InChI is InChI=1S/C12H22N4/c1-5-8-13-12-14-9-7-11(15-12)16(6-2)10(3)4/h7,9-10H,5-6,8H2,1-4H3,(H,13,14,15). The molecule has 0 bridgehead atoms. The molecule has 1 rings (SSSR count). The summed E-state index contributed by atoms with van der Waals surface area (Å²) in [5.74, 6) is 1.71. The van der Waals surface area contributed by atoms with Crippen molar-refractivity contribution in [2.45, 2.75) is 40.2 Å². The predicted octanol–water partition coefficient (Wildman–Crippen LogP) is 2.53. The molecule has 4 heteroatoms. The van der Waals surface area contributed by atoms with Crippen molar-refractivity contribution in [3.05, 3.63) is 12.3 Å². The Kier molecular flexibility index (Phi) is 5.02. The molecular weight excluding hydrogens is 200 g/mol. The van der Waals surface area contributed by atoms with E-state index in [-0.39, 0.29) is 0 Å². The second kappa shape index (κ2) is 6.30. The minimum Gasteiger partial charge on any atom is -0.354 e. The van der Waals surface area contributed by atoms with Gasteiger partial charge in [0, 0.05) is 25.3 Å². The van der Waals surface area contributed by atoms with Crippen molar-refractivity contribution in [2.24, 2.45) is 0 Å². The Bertz CT molecular complexity index is 312. The van der Waals surface area contributed by atoms with Gasteiger partial charge in [0.2, 0.25) is 5.95 Å². The lowest BCUT2D eigenvalue weighted by atomic mass is 10.3. The van der Waals surface area contributed by atoms with Gasteiger partial charge in [-0.25, -0.2) is 4.98 Å². The summed E-state index contributed by atoms with van der Waals surface area (Å²) in [4.78, 5) is 11.0. The summed E-state index contributed by atoms with van der Waals surface area (Å²) in [6.45, 7) is 10.5. The third kappa shape index (κ3) is 3.36. The highest BCUT2D eigenvalue weighted by Gasteiger charge is 2.10. The SMILES string of the molecule is CCCNc1nccc(N(CC)C(C)C)n1. The predicted molar refractivity (Wildman–Crippen MR) is 69.0 cm³/mol. The average Bonchev–Trinajstić information content (AvgIpc) is 2.27. The topological polar surface area (TPSA) is 41.1 Å². The van der Waals surface area contributed by atoms with E-state index in [9.17, 15) is 0 Å². The smallest absolute Gasteiger partial charge is 0.224 e. The Labute approximate surface area is 98.1 Å². The van der Waals surface area contributed by atoms with Crippen molar-refractivity contribution in [1.82, 2.24) is 9.97 Å². The fourth-order valence-electron chi connectivity index (χ4n) is 1.62. The van der Waals surface area contributed by atoms with Crippen LogP contribution in [-0.2, 0) is 0 Å². The van der Waals surface area contributed by atoms with Gasteiger partial charge in [0.1, 0.15) is 5.82 Å². The Balaban J connectivity index is 2.79. The molecule has 16 heavy (non-hydrogen) atoms. The average molecular weight is 222 g/mol. The van der Waals surface area contributed by atoms with Crippen molar-refractivity contribution in [2.75, 3.05) is 23.3 Å².